The van der Waals surface area contributed by atoms with Gasteiger partial charge in [0.1, 0.15) is 0 Å². The molecule has 0 saturated carbocycles. The highest BCUT2D eigenvalue weighted by Gasteiger charge is 2.00. The van der Waals surface area contributed by atoms with Crippen molar-refractivity contribution in [3.63, 3.8) is 0 Å². The van der Waals surface area contributed by atoms with Crippen molar-refractivity contribution in [2.45, 2.75) is 13.5 Å². The Bertz CT molecular complexity index is 749. The number of nitrogens with one attached hydrogen (secondary N) is 1. The number of benzene rings is 3. The van der Waals surface area contributed by atoms with Gasteiger partial charge in [0, 0.05) is 17.3 Å². The molecule has 0 amide bonds. The van der Waals surface area contributed by atoms with Crippen molar-refractivity contribution in [1.29, 1.82) is 0 Å². The molecule has 0 bridgehead atoms. The van der Waals surface area contributed by atoms with Crippen molar-refractivity contribution in [2.75, 3.05) is 5.32 Å². The summed E-state index contributed by atoms with van der Waals surface area (Å²) in [5, 5.41) is 6.76. The maximum atomic E-state index is 6.04. The van der Waals surface area contributed by atoms with Gasteiger partial charge in [0.25, 0.3) is 0 Å². The smallest absolute Gasteiger partial charge is 0.0426 e. The third-order valence-corrected chi connectivity index (χ3v) is 3.73. The molecule has 20 heavy (non-hydrogen) atoms. The Balaban J connectivity index is 1.81. The van der Waals surface area contributed by atoms with E-state index in [0.717, 1.165) is 17.3 Å². The van der Waals surface area contributed by atoms with Crippen molar-refractivity contribution in [3.8, 4) is 0 Å². The fourth-order valence-corrected chi connectivity index (χ4v) is 2.50. The molecule has 0 radical (unpaired) electrons. The number of aryl methyl sites for hydroxylation is 1. The van der Waals surface area contributed by atoms with E-state index < -0.39 is 0 Å². The molecule has 0 aliphatic rings. The quantitative estimate of drug-likeness (QED) is 0.676. The van der Waals surface area contributed by atoms with Gasteiger partial charge in [-0.1, -0.05) is 54.1 Å². The lowest BCUT2D eigenvalue weighted by Crippen LogP contribution is -2.00. The first kappa shape index (κ1) is 13.0. The van der Waals surface area contributed by atoms with E-state index >= 15 is 0 Å². The highest BCUT2D eigenvalue weighted by Crippen LogP contribution is 2.22. The first-order valence-electron chi connectivity index (χ1n) is 6.70. The molecule has 0 heterocycles. The van der Waals surface area contributed by atoms with Crippen LogP contribution in [0, 0.1) is 6.92 Å². The third kappa shape index (κ3) is 2.78. The van der Waals surface area contributed by atoms with E-state index in [9.17, 15) is 0 Å². The number of anilines is 1. The normalized spacial score (nSPS) is 10.7. The molecule has 1 N–H and O–H groups in total. The molecule has 3 aromatic carbocycles. The van der Waals surface area contributed by atoms with Crippen LogP contribution in [0.2, 0.25) is 5.02 Å². The summed E-state index contributed by atoms with van der Waals surface area (Å²) in [6.45, 7) is 2.88. The van der Waals surface area contributed by atoms with E-state index in [1.807, 2.05) is 18.2 Å². The molecule has 2 heteroatoms. The molecular formula is C18H16ClN. The van der Waals surface area contributed by atoms with Gasteiger partial charge in [-0.3, -0.25) is 0 Å². The second-order valence-electron chi connectivity index (χ2n) is 4.99. The summed E-state index contributed by atoms with van der Waals surface area (Å²) in [5.74, 6) is 0. The fourth-order valence-electron chi connectivity index (χ4n) is 2.33. The van der Waals surface area contributed by atoms with Crippen LogP contribution in [0.25, 0.3) is 10.8 Å². The summed E-state index contributed by atoms with van der Waals surface area (Å²) >= 11 is 6.04. The predicted molar refractivity (Wildman–Crippen MR) is 87.5 cm³/mol. The van der Waals surface area contributed by atoms with Gasteiger partial charge in [-0.25, -0.2) is 0 Å². The van der Waals surface area contributed by atoms with E-state index in [0.29, 0.717) is 0 Å². The van der Waals surface area contributed by atoms with Gasteiger partial charge < -0.3 is 5.32 Å². The van der Waals surface area contributed by atoms with E-state index in [1.54, 1.807) is 0 Å². The lowest BCUT2D eigenvalue weighted by atomic mass is 10.1. The molecule has 0 fully saturated rings. The second kappa shape index (κ2) is 5.56. The molecule has 100 valence electrons. The Morgan fingerprint density at radius 1 is 0.900 bits per heavy atom. The summed E-state index contributed by atoms with van der Waals surface area (Å²) in [6.07, 6.45) is 0. The maximum absolute atomic E-state index is 6.04. The van der Waals surface area contributed by atoms with Gasteiger partial charge in [-0.15, -0.1) is 0 Å². The molecule has 0 saturated heterocycles. The van der Waals surface area contributed by atoms with Crippen molar-refractivity contribution in [3.05, 3.63) is 76.8 Å². The SMILES string of the molecule is Cc1ccc(Cl)cc1NCc1ccc2ccccc2c1. The molecule has 3 aromatic rings. The van der Waals surface area contributed by atoms with Crippen molar-refractivity contribution >= 4 is 28.1 Å². The minimum absolute atomic E-state index is 0.761. The molecule has 0 aliphatic carbocycles. The number of hydrogen-bond donors (Lipinski definition) is 1. The highest BCUT2D eigenvalue weighted by atomic mass is 35.5. The summed E-state index contributed by atoms with van der Waals surface area (Å²) in [5.41, 5.74) is 3.56. The van der Waals surface area contributed by atoms with Crippen molar-refractivity contribution in [2.24, 2.45) is 0 Å². The minimum atomic E-state index is 0.761. The summed E-state index contributed by atoms with van der Waals surface area (Å²) in [6, 6.07) is 20.9. The zero-order valence-corrected chi connectivity index (χ0v) is 12.1. The topological polar surface area (TPSA) is 12.0 Å². The average Bonchev–Trinajstić information content (AvgIpc) is 2.48. The summed E-state index contributed by atoms with van der Waals surface area (Å²) in [7, 11) is 0. The molecular weight excluding hydrogens is 266 g/mol. The first-order valence-corrected chi connectivity index (χ1v) is 7.08. The first-order chi connectivity index (χ1) is 9.72. The Labute approximate surface area is 124 Å². The van der Waals surface area contributed by atoms with Crippen LogP contribution in [0.5, 0.6) is 0 Å². The van der Waals surface area contributed by atoms with Crippen molar-refractivity contribution < 1.29 is 0 Å². The van der Waals surface area contributed by atoms with Gasteiger partial charge in [0.15, 0.2) is 0 Å². The van der Waals surface area contributed by atoms with Crippen LogP contribution in [-0.2, 0) is 6.54 Å². The van der Waals surface area contributed by atoms with Crippen LogP contribution in [-0.4, -0.2) is 0 Å². The molecule has 0 aromatic heterocycles. The lowest BCUT2D eigenvalue weighted by molar-refractivity contribution is 1.15. The molecule has 0 atom stereocenters. The zero-order valence-electron chi connectivity index (χ0n) is 11.4. The molecule has 0 spiro atoms. The number of hydrogen-bond acceptors (Lipinski definition) is 1. The van der Waals surface area contributed by atoms with E-state index in [1.165, 1.54) is 21.9 Å². The number of fused-ring (bicyclic) bond motifs is 1. The molecule has 3 rings (SSSR count). The van der Waals surface area contributed by atoms with Gasteiger partial charge >= 0.3 is 0 Å². The third-order valence-electron chi connectivity index (χ3n) is 3.50. The van der Waals surface area contributed by atoms with Gasteiger partial charge in [-0.05, 0) is 47.0 Å². The monoisotopic (exact) mass is 281 g/mol. The largest absolute Gasteiger partial charge is 0.381 e. The highest BCUT2D eigenvalue weighted by molar-refractivity contribution is 6.30. The predicted octanol–water partition coefficient (Wildman–Crippen LogP) is 5.41. The van der Waals surface area contributed by atoms with Crippen LogP contribution >= 0.6 is 11.6 Å². The number of rotatable bonds is 3. The molecule has 0 aliphatic heterocycles. The maximum Gasteiger partial charge on any atom is 0.0426 e. The summed E-state index contributed by atoms with van der Waals surface area (Å²) < 4.78 is 0. The van der Waals surface area contributed by atoms with Gasteiger partial charge in [-0.2, -0.15) is 0 Å². The number of halogens is 1. The van der Waals surface area contributed by atoms with E-state index in [-0.39, 0.29) is 0 Å². The average molecular weight is 282 g/mol. The fraction of sp³-hybridized carbons (Fsp3) is 0.111. The Hall–Kier alpha value is -1.99. The van der Waals surface area contributed by atoms with Crippen LogP contribution in [0.15, 0.2) is 60.7 Å². The second-order valence-corrected chi connectivity index (χ2v) is 5.43. The standard InChI is InChI=1S/C18H16ClN/c1-13-6-9-17(19)11-18(13)20-12-14-7-8-15-4-2-3-5-16(15)10-14/h2-11,20H,12H2,1H3. The van der Waals surface area contributed by atoms with E-state index in [2.05, 4.69) is 54.7 Å². The van der Waals surface area contributed by atoms with Crippen LogP contribution in [0.4, 0.5) is 5.69 Å². The van der Waals surface area contributed by atoms with Crippen LogP contribution in [0.3, 0.4) is 0 Å². The van der Waals surface area contributed by atoms with Crippen LogP contribution in [0.1, 0.15) is 11.1 Å². The molecule has 0 unspecified atom stereocenters. The van der Waals surface area contributed by atoms with Crippen LogP contribution < -0.4 is 5.32 Å². The van der Waals surface area contributed by atoms with Gasteiger partial charge in [0.05, 0.1) is 0 Å². The Kier molecular flexibility index (Phi) is 3.62. The zero-order chi connectivity index (χ0) is 13.9. The van der Waals surface area contributed by atoms with E-state index in [4.69, 9.17) is 11.6 Å². The molecule has 1 nitrogen and oxygen atoms in total. The Morgan fingerprint density at radius 2 is 1.70 bits per heavy atom. The van der Waals surface area contributed by atoms with Gasteiger partial charge in [0.2, 0.25) is 0 Å². The minimum Gasteiger partial charge on any atom is -0.381 e. The Morgan fingerprint density at radius 3 is 2.55 bits per heavy atom. The summed E-state index contributed by atoms with van der Waals surface area (Å²) in [4.78, 5) is 0. The van der Waals surface area contributed by atoms with Crippen molar-refractivity contribution in [1.82, 2.24) is 0 Å². The lowest BCUT2D eigenvalue weighted by Gasteiger charge is -2.10.